The second-order valence-corrected chi connectivity index (χ2v) is 5.69. The number of halogens is 1. The fraction of sp³-hybridized carbons (Fsp3) is 0.389. The molecule has 2 aromatic carbocycles. The Morgan fingerprint density at radius 1 is 1.00 bits per heavy atom. The predicted molar refractivity (Wildman–Crippen MR) is 86.6 cm³/mol. The van der Waals surface area contributed by atoms with Gasteiger partial charge in [-0.3, -0.25) is 4.79 Å². The van der Waals surface area contributed by atoms with E-state index < -0.39 is 0 Å². The van der Waals surface area contributed by atoms with Crippen LogP contribution in [0.25, 0.3) is 10.8 Å². The molecule has 0 aliphatic rings. The first-order chi connectivity index (χ1) is 9.69. The smallest absolute Gasteiger partial charge is 0.166 e. The Labute approximate surface area is 125 Å². The molecule has 0 aliphatic carbocycles. The van der Waals surface area contributed by atoms with Gasteiger partial charge in [0.15, 0.2) is 5.78 Å². The molecule has 0 saturated carbocycles. The Morgan fingerprint density at radius 2 is 1.60 bits per heavy atom. The molecule has 0 heterocycles. The molecule has 0 saturated heterocycles. The molecule has 0 N–H and O–H groups in total. The molecule has 0 aromatic heterocycles. The highest BCUT2D eigenvalue weighted by atomic mass is 35.5. The average molecular weight is 289 g/mol. The van der Waals surface area contributed by atoms with Gasteiger partial charge in [0.1, 0.15) is 0 Å². The van der Waals surface area contributed by atoms with E-state index >= 15 is 0 Å². The Bertz CT molecular complexity index is 597. The van der Waals surface area contributed by atoms with Crippen LogP contribution in [0.1, 0.15) is 49.9 Å². The maximum atomic E-state index is 12.8. The van der Waals surface area contributed by atoms with E-state index in [1.165, 1.54) is 0 Å². The van der Waals surface area contributed by atoms with Crippen molar-refractivity contribution < 1.29 is 4.79 Å². The lowest BCUT2D eigenvalue weighted by atomic mass is 9.88. The first kappa shape index (κ1) is 15.1. The maximum Gasteiger partial charge on any atom is 0.166 e. The lowest BCUT2D eigenvalue weighted by Gasteiger charge is -2.16. The van der Waals surface area contributed by atoms with Crippen molar-refractivity contribution in [3.8, 4) is 0 Å². The van der Waals surface area contributed by atoms with Crippen molar-refractivity contribution in [2.45, 2.75) is 39.5 Å². The van der Waals surface area contributed by atoms with Crippen LogP contribution in [-0.4, -0.2) is 5.78 Å². The molecule has 0 unspecified atom stereocenters. The van der Waals surface area contributed by atoms with E-state index in [4.69, 9.17) is 11.6 Å². The molecule has 20 heavy (non-hydrogen) atoms. The van der Waals surface area contributed by atoms with E-state index in [9.17, 15) is 4.79 Å². The lowest BCUT2D eigenvalue weighted by molar-refractivity contribution is 0.0906. The summed E-state index contributed by atoms with van der Waals surface area (Å²) in [6, 6.07) is 11.6. The van der Waals surface area contributed by atoms with Crippen molar-refractivity contribution in [2.24, 2.45) is 5.92 Å². The normalized spacial score (nSPS) is 11.2. The fourth-order valence-electron chi connectivity index (χ4n) is 2.80. The number of carbonyl (C=O) groups is 1. The third-order valence-corrected chi connectivity index (χ3v) is 4.11. The second kappa shape index (κ2) is 6.90. The van der Waals surface area contributed by atoms with Crippen LogP contribution in [0.4, 0.5) is 0 Å². The van der Waals surface area contributed by atoms with E-state index in [2.05, 4.69) is 13.8 Å². The summed E-state index contributed by atoms with van der Waals surface area (Å²) in [5.74, 6) is 0.399. The van der Waals surface area contributed by atoms with Crippen LogP contribution < -0.4 is 0 Å². The molecule has 2 aromatic rings. The largest absolute Gasteiger partial charge is 0.294 e. The summed E-state index contributed by atoms with van der Waals surface area (Å²) < 4.78 is 0. The number of ketones is 1. The van der Waals surface area contributed by atoms with Crippen LogP contribution in [-0.2, 0) is 0 Å². The van der Waals surface area contributed by atoms with E-state index in [1.54, 1.807) is 0 Å². The van der Waals surface area contributed by atoms with Crippen molar-refractivity contribution in [2.75, 3.05) is 0 Å². The number of carbonyl (C=O) groups excluding carboxylic acids is 1. The summed E-state index contributed by atoms with van der Waals surface area (Å²) in [5, 5.41) is 2.65. The molecule has 0 atom stereocenters. The van der Waals surface area contributed by atoms with Crippen molar-refractivity contribution in [1.29, 1.82) is 0 Å². The van der Waals surface area contributed by atoms with E-state index in [1.807, 2.05) is 36.4 Å². The number of hydrogen-bond donors (Lipinski definition) is 0. The monoisotopic (exact) mass is 288 g/mol. The van der Waals surface area contributed by atoms with Gasteiger partial charge in [-0.2, -0.15) is 0 Å². The minimum absolute atomic E-state index is 0.134. The van der Waals surface area contributed by atoms with Crippen molar-refractivity contribution in [1.82, 2.24) is 0 Å². The van der Waals surface area contributed by atoms with E-state index in [0.29, 0.717) is 5.02 Å². The highest BCUT2D eigenvalue weighted by Crippen LogP contribution is 2.29. The fourth-order valence-corrected chi connectivity index (χ4v) is 3.03. The first-order valence-electron chi connectivity index (χ1n) is 7.40. The second-order valence-electron chi connectivity index (χ2n) is 5.28. The number of benzene rings is 2. The van der Waals surface area contributed by atoms with Crippen LogP contribution in [0.15, 0.2) is 36.4 Å². The Kier molecular flexibility index (Phi) is 5.19. The Morgan fingerprint density at radius 3 is 2.20 bits per heavy atom. The molecule has 0 spiro atoms. The summed E-state index contributed by atoms with van der Waals surface area (Å²) in [7, 11) is 0. The SMILES string of the molecule is CCCC(CCC)C(=O)c1ccc(Cl)c2ccccc12. The molecular weight excluding hydrogens is 268 g/mol. The van der Waals surface area contributed by atoms with Crippen molar-refractivity contribution in [3.63, 3.8) is 0 Å². The number of rotatable bonds is 6. The third-order valence-electron chi connectivity index (χ3n) is 3.78. The summed E-state index contributed by atoms with van der Waals surface area (Å²) in [5.41, 5.74) is 0.817. The van der Waals surface area contributed by atoms with Gasteiger partial charge >= 0.3 is 0 Å². The van der Waals surface area contributed by atoms with Gasteiger partial charge in [0.25, 0.3) is 0 Å². The van der Waals surface area contributed by atoms with Gasteiger partial charge in [-0.25, -0.2) is 0 Å². The van der Waals surface area contributed by atoms with Crippen molar-refractivity contribution in [3.05, 3.63) is 47.0 Å². The Balaban J connectivity index is 2.46. The molecular formula is C18H21ClO. The van der Waals surface area contributed by atoms with E-state index in [-0.39, 0.29) is 11.7 Å². The molecule has 106 valence electrons. The molecule has 0 amide bonds. The Hall–Kier alpha value is -1.34. The molecule has 0 fully saturated rings. The predicted octanol–water partition coefficient (Wildman–Crippen LogP) is 5.89. The van der Waals surface area contributed by atoms with Gasteiger partial charge in [0.2, 0.25) is 0 Å². The van der Waals surface area contributed by atoms with Gasteiger partial charge in [0.05, 0.1) is 0 Å². The number of fused-ring (bicyclic) bond motifs is 1. The van der Waals surface area contributed by atoms with Crippen LogP contribution in [0.2, 0.25) is 5.02 Å². The summed E-state index contributed by atoms with van der Waals surface area (Å²) in [4.78, 5) is 12.8. The van der Waals surface area contributed by atoms with Gasteiger partial charge in [0, 0.05) is 21.9 Å². The molecule has 1 nitrogen and oxygen atoms in total. The van der Waals surface area contributed by atoms with Gasteiger partial charge in [-0.1, -0.05) is 62.6 Å². The minimum Gasteiger partial charge on any atom is -0.294 e. The van der Waals surface area contributed by atoms with Crippen LogP contribution in [0.3, 0.4) is 0 Å². The van der Waals surface area contributed by atoms with Crippen molar-refractivity contribution >= 4 is 28.2 Å². The summed E-state index contributed by atoms with van der Waals surface area (Å²) in [6.07, 6.45) is 4.01. The minimum atomic E-state index is 0.134. The van der Waals surface area contributed by atoms with Crippen LogP contribution >= 0.6 is 11.6 Å². The van der Waals surface area contributed by atoms with Crippen LogP contribution in [0.5, 0.6) is 0 Å². The highest BCUT2D eigenvalue weighted by molar-refractivity contribution is 6.36. The standard InChI is InChI=1S/C18H21ClO/c1-3-7-13(8-4-2)18(20)16-11-12-17(19)15-10-6-5-9-14(15)16/h5-6,9-13H,3-4,7-8H2,1-2H3. The molecule has 0 aliphatic heterocycles. The number of Topliss-reactive ketones (excluding diaryl/α,β-unsaturated/α-hetero) is 1. The summed E-state index contributed by atoms with van der Waals surface area (Å²) >= 11 is 6.22. The molecule has 0 radical (unpaired) electrons. The third kappa shape index (κ3) is 3.04. The van der Waals surface area contributed by atoms with Gasteiger partial charge < -0.3 is 0 Å². The quantitative estimate of drug-likeness (QED) is 0.605. The molecule has 0 bridgehead atoms. The topological polar surface area (TPSA) is 17.1 Å². The lowest BCUT2D eigenvalue weighted by Crippen LogP contribution is -2.15. The van der Waals surface area contributed by atoms with Crippen LogP contribution in [0, 0.1) is 5.92 Å². The van der Waals surface area contributed by atoms with E-state index in [0.717, 1.165) is 42.0 Å². The highest BCUT2D eigenvalue weighted by Gasteiger charge is 2.20. The van der Waals surface area contributed by atoms with Gasteiger partial charge in [-0.15, -0.1) is 0 Å². The molecule has 2 heteroatoms. The number of hydrogen-bond acceptors (Lipinski definition) is 1. The summed E-state index contributed by atoms with van der Waals surface area (Å²) in [6.45, 7) is 4.27. The first-order valence-corrected chi connectivity index (χ1v) is 7.78. The molecule has 2 rings (SSSR count). The zero-order chi connectivity index (χ0) is 14.5. The van der Waals surface area contributed by atoms with Gasteiger partial charge in [-0.05, 0) is 30.4 Å². The maximum absolute atomic E-state index is 12.8. The zero-order valence-corrected chi connectivity index (χ0v) is 12.9. The average Bonchev–Trinajstić information content (AvgIpc) is 2.47. The zero-order valence-electron chi connectivity index (χ0n) is 12.2.